The van der Waals surface area contributed by atoms with Crippen LogP contribution in [0, 0.1) is 5.82 Å². The van der Waals surface area contributed by atoms with Crippen molar-refractivity contribution in [2.45, 2.75) is 37.8 Å². The molecule has 0 radical (unpaired) electrons. The minimum absolute atomic E-state index is 0.137. The van der Waals surface area contributed by atoms with Crippen LogP contribution in [0.2, 0.25) is 0 Å². The molecule has 2 aliphatic rings. The molecule has 0 unspecified atom stereocenters. The standard InChI is InChI=1S/C18H21FN4O/c19-13-5-1-4-12(10-13)17-14(11-20-22-17)18(24)21-15-6-2-8-23-9-3-7-16(15)23/h1,4-5,10-11,15-16H,2-3,6-9H2,(H,20,22)(H,21,24)/t15-,16-/m0/s1. The Labute approximate surface area is 140 Å². The molecule has 2 aliphatic heterocycles. The Hall–Kier alpha value is -2.21. The number of H-pyrrole nitrogens is 1. The number of aromatic nitrogens is 2. The second-order valence-electron chi connectivity index (χ2n) is 6.64. The van der Waals surface area contributed by atoms with Gasteiger partial charge in [-0.2, -0.15) is 5.10 Å². The predicted molar refractivity (Wildman–Crippen MR) is 89.1 cm³/mol. The SMILES string of the molecule is O=C(N[C@H]1CCCN2CCC[C@@H]12)c1cn[nH]c1-c1cccc(F)c1. The first-order chi connectivity index (χ1) is 11.7. The van der Waals surface area contributed by atoms with Gasteiger partial charge in [0.15, 0.2) is 0 Å². The molecule has 1 amide bonds. The molecule has 3 heterocycles. The summed E-state index contributed by atoms with van der Waals surface area (Å²) in [4.78, 5) is 15.2. The fourth-order valence-electron chi connectivity index (χ4n) is 4.03. The predicted octanol–water partition coefficient (Wildman–Crippen LogP) is 2.57. The molecular formula is C18H21FN4O. The molecule has 2 fully saturated rings. The Bertz CT molecular complexity index is 744. The highest BCUT2D eigenvalue weighted by atomic mass is 19.1. The van der Waals surface area contributed by atoms with Gasteiger partial charge < -0.3 is 5.32 Å². The lowest BCUT2D eigenvalue weighted by Gasteiger charge is -2.37. The van der Waals surface area contributed by atoms with Crippen LogP contribution in [0.15, 0.2) is 30.5 Å². The van der Waals surface area contributed by atoms with Gasteiger partial charge >= 0.3 is 0 Å². The zero-order valence-corrected chi connectivity index (χ0v) is 13.5. The van der Waals surface area contributed by atoms with Crippen LogP contribution in [0.3, 0.4) is 0 Å². The Morgan fingerprint density at radius 3 is 2.96 bits per heavy atom. The fraction of sp³-hybridized carbons (Fsp3) is 0.444. The number of rotatable bonds is 3. The first-order valence-electron chi connectivity index (χ1n) is 8.56. The molecule has 0 aliphatic carbocycles. The Balaban J connectivity index is 1.54. The highest BCUT2D eigenvalue weighted by Crippen LogP contribution is 2.28. The lowest BCUT2D eigenvalue weighted by Crippen LogP contribution is -2.52. The minimum atomic E-state index is -0.331. The molecular weight excluding hydrogens is 307 g/mol. The maximum atomic E-state index is 13.5. The number of piperidine rings is 1. The zero-order valence-electron chi connectivity index (χ0n) is 13.5. The summed E-state index contributed by atoms with van der Waals surface area (Å²) in [7, 11) is 0. The summed E-state index contributed by atoms with van der Waals surface area (Å²) in [6, 6.07) is 6.83. The van der Waals surface area contributed by atoms with E-state index in [1.54, 1.807) is 12.1 Å². The van der Waals surface area contributed by atoms with Gasteiger partial charge in [-0.1, -0.05) is 12.1 Å². The first-order valence-corrected chi connectivity index (χ1v) is 8.56. The minimum Gasteiger partial charge on any atom is -0.348 e. The maximum Gasteiger partial charge on any atom is 0.255 e. The van der Waals surface area contributed by atoms with Gasteiger partial charge in [-0.25, -0.2) is 4.39 Å². The smallest absolute Gasteiger partial charge is 0.255 e. The number of carbonyl (C=O) groups excluding carboxylic acids is 1. The van der Waals surface area contributed by atoms with Crippen LogP contribution in [0.4, 0.5) is 4.39 Å². The van der Waals surface area contributed by atoms with Gasteiger partial charge in [-0.3, -0.25) is 14.8 Å². The number of nitrogens with one attached hydrogen (secondary N) is 2. The molecule has 2 atom stereocenters. The molecule has 24 heavy (non-hydrogen) atoms. The molecule has 2 saturated heterocycles. The van der Waals surface area contributed by atoms with E-state index in [0.29, 0.717) is 22.9 Å². The number of fused-ring (bicyclic) bond motifs is 1. The Kier molecular flexibility index (Phi) is 4.06. The molecule has 0 saturated carbocycles. The van der Waals surface area contributed by atoms with Crippen LogP contribution in [-0.4, -0.2) is 46.2 Å². The van der Waals surface area contributed by atoms with Crippen LogP contribution in [0.25, 0.3) is 11.3 Å². The van der Waals surface area contributed by atoms with E-state index in [2.05, 4.69) is 20.4 Å². The van der Waals surface area contributed by atoms with E-state index in [1.807, 2.05) is 0 Å². The monoisotopic (exact) mass is 328 g/mol. The van der Waals surface area contributed by atoms with Crippen molar-refractivity contribution in [2.75, 3.05) is 13.1 Å². The summed E-state index contributed by atoms with van der Waals surface area (Å²) in [6.07, 6.45) is 6.00. The number of hydrogen-bond acceptors (Lipinski definition) is 3. The van der Waals surface area contributed by atoms with Gasteiger partial charge in [0.1, 0.15) is 5.82 Å². The van der Waals surface area contributed by atoms with Crippen LogP contribution < -0.4 is 5.32 Å². The molecule has 2 N–H and O–H groups in total. The fourth-order valence-corrected chi connectivity index (χ4v) is 4.03. The summed E-state index contributed by atoms with van der Waals surface area (Å²) >= 11 is 0. The molecule has 0 spiro atoms. The quantitative estimate of drug-likeness (QED) is 0.910. The topological polar surface area (TPSA) is 61.0 Å². The van der Waals surface area contributed by atoms with Crippen LogP contribution >= 0.6 is 0 Å². The number of carbonyl (C=O) groups is 1. The number of hydrogen-bond donors (Lipinski definition) is 2. The average Bonchev–Trinajstić information content (AvgIpc) is 3.24. The van der Waals surface area contributed by atoms with Crippen molar-refractivity contribution in [1.29, 1.82) is 0 Å². The van der Waals surface area contributed by atoms with Crippen molar-refractivity contribution >= 4 is 5.91 Å². The molecule has 2 aromatic rings. The van der Waals surface area contributed by atoms with Gasteiger partial charge in [0.25, 0.3) is 5.91 Å². The molecule has 4 rings (SSSR count). The third-order valence-corrected chi connectivity index (χ3v) is 5.15. The van der Waals surface area contributed by atoms with Crippen molar-refractivity contribution in [3.05, 3.63) is 41.8 Å². The molecule has 0 bridgehead atoms. The average molecular weight is 328 g/mol. The van der Waals surface area contributed by atoms with E-state index in [9.17, 15) is 9.18 Å². The van der Waals surface area contributed by atoms with Crippen molar-refractivity contribution in [3.8, 4) is 11.3 Å². The van der Waals surface area contributed by atoms with Gasteiger partial charge in [0, 0.05) is 17.6 Å². The normalized spacial score (nSPS) is 23.9. The summed E-state index contributed by atoms with van der Waals surface area (Å²) in [5.74, 6) is -0.468. The van der Waals surface area contributed by atoms with Crippen molar-refractivity contribution in [2.24, 2.45) is 0 Å². The highest BCUT2D eigenvalue weighted by molar-refractivity contribution is 5.99. The van der Waals surface area contributed by atoms with Gasteiger partial charge in [-0.15, -0.1) is 0 Å². The van der Waals surface area contributed by atoms with Gasteiger partial charge in [-0.05, 0) is 50.9 Å². The van der Waals surface area contributed by atoms with E-state index < -0.39 is 0 Å². The maximum absolute atomic E-state index is 13.5. The summed E-state index contributed by atoms with van der Waals surface area (Å²) < 4.78 is 13.5. The molecule has 1 aromatic heterocycles. The van der Waals surface area contributed by atoms with Crippen LogP contribution in [-0.2, 0) is 0 Å². The van der Waals surface area contributed by atoms with Gasteiger partial charge in [0.2, 0.25) is 0 Å². The van der Waals surface area contributed by atoms with E-state index >= 15 is 0 Å². The third kappa shape index (κ3) is 2.82. The molecule has 6 heteroatoms. The molecule has 5 nitrogen and oxygen atoms in total. The van der Waals surface area contributed by atoms with E-state index in [0.717, 1.165) is 32.4 Å². The Morgan fingerprint density at radius 1 is 1.29 bits per heavy atom. The number of nitrogens with zero attached hydrogens (tertiary/aromatic N) is 2. The second kappa shape index (κ2) is 6.36. The number of amides is 1. The largest absolute Gasteiger partial charge is 0.348 e. The zero-order chi connectivity index (χ0) is 16.5. The van der Waals surface area contributed by atoms with E-state index in [-0.39, 0.29) is 17.8 Å². The van der Waals surface area contributed by atoms with Crippen molar-refractivity contribution in [3.63, 3.8) is 0 Å². The summed E-state index contributed by atoms with van der Waals surface area (Å²) in [5, 5.41) is 10.00. The Morgan fingerprint density at radius 2 is 2.12 bits per heavy atom. The lowest BCUT2D eigenvalue weighted by atomic mass is 9.96. The number of aromatic amines is 1. The number of halogens is 1. The lowest BCUT2D eigenvalue weighted by molar-refractivity contribution is 0.0869. The van der Waals surface area contributed by atoms with Crippen LogP contribution in [0.5, 0.6) is 0 Å². The number of benzene rings is 1. The summed E-state index contributed by atoms with van der Waals surface area (Å²) in [6.45, 7) is 2.27. The molecule has 1 aromatic carbocycles. The third-order valence-electron chi connectivity index (χ3n) is 5.15. The highest BCUT2D eigenvalue weighted by Gasteiger charge is 2.35. The first kappa shape index (κ1) is 15.3. The van der Waals surface area contributed by atoms with Crippen LogP contribution in [0.1, 0.15) is 36.0 Å². The van der Waals surface area contributed by atoms with Crippen molar-refractivity contribution < 1.29 is 9.18 Å². The second-order valence-corrected chi connectivity index (χ2v) is 6.64. The molecule has 126 valence electrons. The van der Waals surface area contributed by atoms with Crippen molar-refractivity contribution in [1.82, 2.24) is 20.4 Å². The van der Waals surface area contributed by atoms with E-state index in [1.165, 1.54) is 24.8 Å². The van der Waals surface area contributed by atoms with E-state index in [4.69, 9.17) is 0 Å². The summed E-state index contributed by atoms with van der Waals surface area (Å²) in [5.41, 5.74) is 1.66. The van der Waals surface area contributed by atoms with Gasteiger partial charge in [0.05, 0.1) is 17.5 Å².